The Kier molecular flexibility index (Phi) is 13.7. The van der Waals surface area contributed by atoms with Gasteiger partial charge in [0.1, 0.15) is 17.3 Å². The molecule has 1 saturated carbocycles. The number of nitrogens with zero attached hydrogens (tertiary/aromatic N) is 6. The van der Waals surface area contributed by atoms with Crippen LogP contribution in [-0.2, 0) is 19.7 Å². The van der Waals surface area contributed by atoms with Gasteiger partial charge in [0.2, 0.25) is 5.91 Å². The highest BCUT2D eigenvalue weighted by Gasteiger charge is 2.38. The second-order valence-electron chi connectivity index (χ2n) is 12.2. The number of hydrogen-bond acceptors (Lipinski definition) is 10. The first-order valence-corrected chi connectivity index (χ1v) is 18.5. The third-order valence-electron chi connectivity index (χ3n) is 8.67. The summed E-state index contributed by atoms with van der Waals surface area (Å²) in [6.45, 7) is 3.38. The third kappa shape index (κ3) is 10.4. The fraction of sp³-hybridized carbons (Fsp3) is 0.613. The van der Waals surface area contributed by atoms with Gasteiger partial charge >= 0.3 is 5.97 Å². The quantitative estimate of drug-likeness (QED) is 0.0895. The lowest BCUT2D eigenvalue weighted by molar-refractivity contribution is -0.137. The summed E-state index contributed by atoms with van der Waals surface area (Å²) in [6, 6.07) is 10.2. The highest BCUT2D eigenvalue weighted by Crippen LogP contribution is 2.38. The minimum Gasteiger partial charge on any atom is -0.481 e. The molecule has 5 unspecified atom stereocenters. The van der Waals surface area contributed by atoms with E-state index in [-0.39, 0.29) is 41.9 Å². The number of nitriles is 1. The summed E-state index contributed by atoms with van der Waals surface area (Å²) in [6.07, 6.45) is 2.83. The first kappa shape index (κ1) is 37.7. The van der Waals surface area contributed by atoms with E-state index >= 15 is 0 Å². The van der Waals surface area contributed by atoms with E-state index in [2.05, 4.69) is 26.7 Å². The van der Waals surface area contributed by atoms with Crippen LogP contribution in [0.15, 0.2) is 40.6 Å². The second-order valence-corrected chi connectivity index (χ2v) is 14.9. The van der Waals surface area contributed by atoms with Crippen LogP contribution < -0.4 is 10.6 Å². The Labute approximate surface area is 290 Å². The number of nitrogens with one attached hydrogen (secondary N) is 2. The Morgan fingerprint density at radius 3 is 2.46 bits per heavy atom. The van der Waals surface area contributed by atoms with E-state index < -0.39 is 45.0 Å². The van der Waals surface area contributed by atoms with E-state index in [4.69, 9.17) is 38.0 Å². The predicted molar refractivity (Wildman–Crippen MR) is 181 cm³/mol. The molecule has 2 aliphatic rings. The molecule has 1 aliphatic heterocycles. The van der Waals surface area contributed by atoms with Crippen molar-refractivity contribution >= 4 is 51.0 Å². The predicted octanol–water partition coefficient (Wildman–Crippen LogP) is 4.13. The Morgan fingerprint density at radius 1 is 1.15 bits per heavy atom. The first-order valence-electron chi connectivity index (χ1n) is 16.0. The van der Waals surface area contributed by atoms with Crippen molar-refractivity contribution in [3.63, 3.8) is 0 Å². The number of carboxylic acids is 1. The number of alkyl halides is 2. The number of unbranched alkanes of at least 4 members (excludes halogenated alkanes) is 1. The normalized spacial score (nSPS) is 24.8. The minimum atomic E-state index is -4.08. The zero-order chi connectivity index (χ0) is 34.8. The van der Waals surface area contributed by atoms with Crippen LogP contribution in [0.5, 0.6) is 0 Å². The standard InChI is InChI=1S/C31H42Cl2N8O6S/c1-20(42)36-27-16-22(40(14-7-10-28(43)44)13-5-6-15-48(45,46)47)11-12-26(27)37-38-31-23(17-34)29(21-8-3-2-4-9-21)39-41(31)30-24(32)18-35-19-25(30)33/h2-4,8-9,22,24-27,30,35H,5-7,10-16,18-19H2,1H3,(H,36,42)(H,43,44)(H,45,46,47). The van der Waals surface area contributed by atoms with E-state index in [9.17, 15) is 28.4 Å². The molecule has 1 saturated heterocycles. The number of azo groups is 1. The summed E-state index contributed by atoms with van der Waals surface area (Å²) in [7, 11) is -4.08. The van der Waals surface area contributed by atoms with Crippen molar-refractivity contribution in [2.75, 3.05) is 31.9 Å². The van der Waals surface area contributed by atoms with E-state index in [1.807, 2.05) is 30.3 Å². The van der Waals surface area contributed by atoms with E-state index in [0.717, 1.165) is 5.56 Å². The molecule has 1 aromatic carbocycles. The van der Waals surface area contributed by atoms with Gasteiger partial charge in [-0.3, -0.25) is 14.1 Å². The zero-order valence-electron chi connectivity index (χ0n) is 26.7. The summed E-state index contributed by atoms with van der Waals surface area (Å²) in [4.78, 5) is 25.6. The third-order valence-corrected chi connectivity index (χ3v) is 10.3. The molecule has 2 fully saturated rings. The van der Waals surface area contributed by atoms with Crippen LogP contribution in [0.3, 0.4) is 0 Å². The molecule has 2 aromatic rings. The number of halogens is 2. The zero-order valence-corrected chi connectivity index (χ0v) is 29.0. The summed E-state index contributed by atoms with van der Waals surface area (Å²) in [5.41, 5.74) is 1.40. The maximum absolute atomic E-state index is 12.3. The Hall–Kier alpha value is -3.13. The van der Waals surface area contributed by atoms with Gasteiger partial charge in [-0.25, -0.2) is 4.68 Å². The molecule has 1 amide bonds. The summed E-state index contributed by atoms with van der Waals surface area (Å²) >= 11 is 13.5. The van der Waals surface area contributed by atoms with E-state index in [1.165, 1.54) is 6.92 Å². The molecule has 0 bridgehead atoms. The van der Waals surface area contributed by atoms with Crippen LogP contribution in [0.4, 0.5) is 5.82 Å². The molecule has 48 heavy (non-hydrogen) atoms. The van der Waals surface area contributed by atoms with Crippen molar-refractivity contribution in [1.82, 2.24) is 25.3 Å². The number of carbonyl (C=O) groups excluding carboxylic acids is 1. The molecule has 0 radical (unpaired) electrons. The maximum Gasteiger partial charge on any atom is 0.303 e. The SMILES string of the molecule is CC(=O)NC1CC(N(CCCCS(=O)(=O)O)CCCC(=O)O)CCC1N=Nc1c(C#N)c(-c2ccccc2)nn1C1C(Cl)CNCC1Cl. The number of amides is 1. The lowest BCUT2D eigenvalue weighted by Crippen LogP contribution is -2.51. The molecule has 262 valence electrons. The molecular weight excluding hydrogens is 683 g/mol. The number of carbonyl (C=O) groups is 2. The molecule has 1 aliphatic carbocycles. The van der Waals surface area contributed by atoms with Crippen LogP contribution >= 0.6 is 23.2 Å². The van der Waals surface area contributed by atoms with Crippen molar-refractivity contribution in [3.05, 3.63) is 35.9 Å². The van der Waals surface area contributed by atoms with Gasteiger partial charge in [-0.15, -0.1) is 28.3 Å². The fourth-order valence-electron chi connectivity index (χ4n) is 6.42. The highest BCUT2D eigenvalue weighted by molar-refractivity contribution is 7.85. The second kappa shape index (κ2) is 17.5. The van der Waals surface area contributed by atoms with Crippen molar-refractivity contribution in [1.29, 1.82) is 5.26 Å². The summed E-state index contributed by atoms with van der Waals surface area (Å²) in [5.74, 6) is -1.27. The monoisotopic (exact) mass is 724 g/mol. The van der Waals surface area contributed by atoms with Crippen LogP contribution in [0.25, 0.3) is 11.3 Å². The Bertz CT molecular complexity index is 1570. The van der Waals surface area contributed by atoms with Crippen molar-refractivity contribution < 1.29 is 27.7 Å². The number of carboxylic acid groups (broad SMARTS) is 1. The number of hydrogen-bond donors (Lipinski definition) is 4. The average molecular weight is 726 g/mol. The number of aromatic nitrogens is 2. The number of aliphatic carboxylic acids is 1. The minimum absolute atomic E-state index is 0.0105. The van der Waals surface area contributed by atoms with Gasteiger partial charge in [0.25, 0.3) is 10.1 Å². The largest absolute Gasteiger partial charge is 0.481 e. The average Bonchev–Trinajstić information content (AvgIpc) is 3.39. The van der Waals surface area contributed by atoms with Crippen LogP contribution in [0.1, 0.15) is 63.5 Å². The van der Waals surface area contributed by atoms with Crippen molar-refractivity contribution in [2.45, 2.75) is 86.8 Å². The van der Waals surface area contributed by atoms with Crippen molar-refractivity contribution in [2.24, 2.45) is 10.2 Å². The van der Waals surface area contributed by atoms with Crippen molar-refractivity contribution in [3.8, 4) is 17.3 Å². The highest BCUT2D eigenvalue weighted by atomic mass is 35.5. The molecular formula is C31H42Cl2N8O6S. The first-order chi connectivity index (χ1) is 22.9. The van der Waals surface area contributed by atoms with Gasteiger partial charge in [-0.2, -0.15) is 23.9 Å². The van der Waals surface area contributed by atoms with Crippen LogP contribution in [0.2, 0.25) is 0 Å². The van der Waals surface area contributed by atoms with E-state index in [0.29, 0.717) is 64.0 Å². The molecule has 14 nitrogen and oxygen atoms in total. The van der Waals surface area contributed by atoms with Gasteiger partial charge in [0, 0.05) is 38.0 Å². The molecule has 4 rings (SSSR count). The number of piperidine rings is 1. The Balaban J connectivity index is 1.62. The number of rotatable bonds is 15. The fourth-order valence-corrected chi connectivity index (χ4v) is 7.85. The molecule has 5 atom stereocenters. The maximum atomic E-state index is 12.3. The summed E-state index contributed by atoms with van der Waals surface area (Å²) < 4.78 is 33.1. The van der Waals surface area contributed by atoms with Gasteiger partial charge in [-0.05, 0) is 51.6 Å². The van der Waals surface area contributed by atoms with Gasteiger partial charge in [0.15, 0.2) is 5.82 Å². The van der Waals surface area contributed by atoms with Gasteiger partial charge < -0.3 is 20.6 Å². The van der Waals surface area contributed by atoms with E-state index in [1.54, 1.807) is 4.68 Å². The molecule has 2 heterocycles. The smallest absolute Gasteiger partial charge is 0.303 e. The number of benzene rings is 1. The molecule has 17 heteroatoms. The lowest BCUT2D eigenvalue weighted by Gasteiger charge is -2.40. The lowest BCUT2D eigenvalue weighted by atomic mass is 9.86. The topological polar surface area (TPSA) is 202 Å². The van der Waals surface area contributed by atoms with Crippen LogP contribution in [0, 0.1) is 11.3 Å². The molecule has 4 N–H and O–H groups in total. The molecule has 1 aromatic heterocycles. The summed E-state index contributed by atoms with van der Waals surface area (Å²) in [5, 5.41) is 39.0. The molecule has 0 spiro atoms. The van der Waals surface area contributed by atoms with Gasteiger partial charge in [-0.1, -0.05) is 30.3 Å². The van der Waals surface area contributed by atoms with Gasteiger partial charge in [0.05, 0.1) is 34.6 Å². The Morgan fingerprint density at radius 2 is 1.83 bits per heavy atom. The van der Waals surface area contributed by atoms with Crippen LogP contribution in [-0.4, -0.2) is 105 Å².